The van der Waals surface area contributed by atoms with Gasteiger partial charge in [0.15, 0.2) is 0 Å². The lowest BCUT2D eigenvalue weighted by Gasteiger charge is -2.28. The van der Waals surface area contributed by atoms with Gasteiger partial charge in [0.05, 0.1) is 34.4 Å². The highest BCUT2D eigenvalue weighted by Crippen LogP contribution is 2.38. The molecule has 0 N–H and O–H groups in total. The van der Waals surface area contributed by atoms with Crippen LogP contribution in [0, 0.1) is 0 Å². The van der Waals surface area contributed by atoms with Crippen LogP contribution in [-0.2, 0) is 27.9 Å². The van der Waals surface area contributed by atoms with Gasteiger partial charge in [-0.25, -0.2) is 0 Å². The molecule has 0 aliphatic carbocycles. The van der Waals surface area contributed by atoms with Crippen molar-refractivity contribution in [1.29, 1.82) is 0 Å². The maximum atomic E-state index is 12.8. The fourth-order valence-corrected chi connectivity index (χ4v) is 7.43. The van der Waals surface area contributed by atoms with Gasteiger partial charge in [-0.3, -0.25) is 9.36 Å². The fraction of sp³-hybridized carbons (Fsp3) is 0.696. The minimum atomic E-state index is -4.54. The maximum Gasteiger partial charge on any atom is 0.306 e. The summed E-state index contributed by atoms with van der Waals surface area (Å²) in [5.41, 5.74) is 0. The third-order valence-corrected chi connectivity index (χ3v) is 11.6. The van der Waals surface area contributed by atoms with E-state index >= 15 is 0 Å². The van der Waals surface area contributed by atoms with Gasteiger partial charge >= 0.3 is 5.97 Å². The molecule has 0 saturated carbocycles. The molecule has 0 amide bonds. The number of phosphoric acid groups is 1. The van der Waals surface area contributed by atoms with E-state index in [0.29, 0.717) is 24.1 Å². The minimum absolute atomic E-state index is 0.0178. The quantitative estimate of drug-likeness (QED) is 0.0197. The van der Waals surface area contributed by atoms with E-state index in [1.807, 2.05) is 21.1 Å². The normalized spacial score (nSPS) is 14.4. The number of esters is 1. The van der Waals surface area contributed by atoms with Gasteiger partial charge in [0.1, 0.15) is 19.3 Å². The summed E-state index contributed by atoms with van der Waals surface area (Å²) in [6.45, 7) is 5.15. The van der Waals surface area contributed by atoms with Crippen LogP contribution in [0.1, 0.15) is 194 Å². The first kappa shape index (κ1) is 62.4. The summed E-state index contributed by atoms with van der Waals surface area (Å²) in [7, 11) is 1.33. The van der Waals surface area contributed by atoms with E-state index in [-0.39, 0.29) is 25.8 Å². The van der Waals surface area contributed by atoms with E-state index in [0.717, 1.165) is 89.9 Å². The van der Waals surface area contributed by atoms with Gasteiger partial charge in [0, 0.05) is 13.0 Å². The molecule has 0 radical (unpaired) electrons. The molecule has 0 heterocycles. The number of hydrogen-bond acceptors (Lipinski definition) is 7. The molecule has 2 atom stereocenters. The zero-order valence-corrected chi connectivity index (χ0v) is 43.3. The topological polar surface area (TPSA) is 94.1 Å². The molecule has 0 bridgehead atoms. The second-order valence-corrected chi connectivity index (χ2v) is 19.5. The summed E-state index contributed by atoms with van der Waals surface area (Å²) in [4.78, 5) is 25.2. The van der Waals surface area contributed by atoms with Gasteiger partial charge in [0.2, 0.25) is 0 Å². The Balaban J connectivity index is 4.19. The van der Waals surface area contributed by atoms with Crippen LogP contribution in [0.25, 0.3) is 0 Å². The first-order chi connectivity index (χ1) is 31.6. The summed E-state index contributed by atoms with van der Waals surface area (Å²) in [5.74, 6) is -0.348. The lowest BCUT2D eigenvalue weighted by molar-refractivity contribution is -0.870. The number of unbranched alkanes of at least 4 members (excludes halogenated alkanes) is 17. The highest BCUT2D eigenvalue weighted by Gasteiger charge is 2.20. The molecule has 65 heavy (non-hydrogen) atoms. The monoisotopic (exact) mass is 928 g/mol. The molecule has 0 spiro atoms. The highest BCUT2D eigenvalue weighted by molar-refractivity contribution is 7.45. The molecule has 0 aliphatic heterocycles. The Bertz CT molecular complexity index is 1360. The van der Waals surface area contributed by atoms with Gasteiger partial charge in [-0.2, -0.15) is 0 Å². The minimum Gasteiger partial charge on any atom is -0.756 e. The number of allylic oxidation sites excluding steroid dienone is 16. The van der Waals surface area contributed by atoms with E-state index in [1.165, 1.54) is 83.5 Å². The number of hydrogen-bond donors (Lipinski definition) is 0. The van der Waals surface area contributed by atoms with Crippen LogP contribution in [0.3, 0.4) is 0 Å². The average Bonchev–Trinajstić information content (AvgIpc) is 3.27. The van der Waals surface area contributed by atoms with Gasteiger partial charge < -0.3 is 27.9 Å². The van der Waals surface area contributed by atoms with Crippen molar-refractivity contribution in [2.75, 3.05) is 54.1 Å². The van der Waals surface area contributed by atoms with Crippen LogP contribution in [0.2, 0.25) is 0 Å². The van der Waals surface area contributed by atoms with Crippen molar-refractivity contribution >= 4 is 13.8 Å². The predicted octanol–water partition coefficient (Wildman–Crippen LogP) is 15.5. The third kappa shape index (κ3) is 52.3. The molecule has 2 unspecified atom stereocenters. The summed E-state index contributed by atoms with van der Waals surface area (Å²) >= 11 is 0. The average molecular weight is 928 g/mol. The molecule has 0 aromatic heterocycles. The number of ether oxygens (including phenoxy) is 2. The van der Waals surface area contributed by atoms with Crippen LogP contribution < -0.4 is 4.89 Å². The van der Waals surface area contributed by atoms with E-state index in [4.69, 9.17) is 18.5 Å². The molecular weight excluding hydrogens is 830 g/mol. The maximum absolute atomic E-state index is 12.8. The molecular formula is C56H98NO7P. The number of phosphoric ester groups is 1. The molecule has 0 aromatic rings. The lowest BCUT2D eigenvalue weighted by Crippen LogP contribution is -2.37. The van der Waals surface area contributed by atoms with Gasteiger partial charge in [-0.15, -0.1) is 0 Å². The molecule has 9 heteroatoms. The van der Waals surface area contributed by atoms with E-state index in [1.54, 1.807) is 0 Å². The van der Waals surface area contributed by atoms with Crippen molar-refractivity contribution in [3.8, 4) is 0 Å². The number of carbonyl (C=O) groups excluding carboxylic acids is 1. The number of quaternary nitrogens is 1. The fourth-order valence-electron chi connectivity index (χ4n) is 6.71. The van der Waals surface area contributed by atoms with Crippen molar-refractivity contribution < 1.29 is 37.3 Å². The summed E-state index contributed by atoms with van der Waals surface area (Å²) in [6, 6.07) is 0. The molecule has 0 aromatic carbocycles. The Kier molecular flexibility index (Phi) is 46.0. The number of likely N-dealkylation sites (N-methyl/N-ethyl adjacent to an activating group) is 1. The SMILES string of the molecule is CC/C=C\C/C=C\C/C=C\C/C=C\CCCCCCCCCCCOCC(COP(=O)([O-])OCC[N+](C)(C)C)OC(=O)CCCCCCCCCC/C=C\C/C=C\C/C=C\C/C=C\CC. The standard InChI is InChI=1S/C56H98NO7P/c1-6-8-10-12-14-16-18-20-22-24-26-28-30-32-34-36-38-40-42-44-46-48-51-61-53-55(54-63-65(59,60)62-52-50-57(3,4)5)64-56(58)49-47-45-43-41-39-37-35-33-31-29-27-25-23-21-19-17-15-13-11-9-7-2/h8-11,14-17,20-23,26-29,55H,6-7,12-13,18-19,24-25,30-54H2,1-5H3/b10-8-,11-9-,16-14-,17-15-,22-20-,23-21-,28-26-,29-27-. The second-order valence-electron chi connectivity index (χ2n) is 18.1. The molecule has 0 rings (SSSR count). The zero-order valence-electron chi connectivity index (χ0n) is 42.4. The Hall–Kier alpha value is -2.58. The Morgan fingerprint density at radius 1 is 0.477 bits per heavy atom. The molecule has 0 fully saturated rings. The Morgan fingerprint density at radius 2 is 0.846 bits per heavy atom. The molecule has 374 valence electrons. The number of carbonyl (C=O) groups is 1. The molecule has 8 nitrogen and oxygen atoms in total. The van der Waals surface area contributed by atoms with Crippen molar-refractivity contribution in [1.82, 2.24) is 0 Å². The van der Waals surface area contributed by atoms with Crippen LogP contribution in [-0.4, -0.2) is 70.7 Å². The Labute approximate surface area is 400 Å². The molecule has 0 saturated heterocycles. The third-order valence-electron chi connectivity index (χ3n) is 10.6. The van der Waals surface area contributed by atoms with Crippen molar-refractivity contribution in [2.24, 2.45) is 0 Å². The van der Waals surface area contributed by atoms with Crippen molar-refractivity contribution in [2.45, 2.75) is 200 Å². The van der Waals surface area contributed by atoms with E-state index in [2.05, 4.69) is 111 Å². The first-order valence-corrected chi connectivity index (χ1v) is 27.4. The van der Waals surface area contributed by atoms with Crippen LogP contribution in [0.15, 0.2) is 97.2 Å². The van der Waals surface area contributed by atoms with Gasteiger partial charge in [-0.1, -0.05) is 195 Å². The summed E-state index contributed by atoms with van der Waals surface area (Å²) < 4.78 is 34.8. The Morgan fingerprint density at radius 3 is 1.26 bits per heavy atom. The van der Waals surface area contributed by atoms with E-state index in [9.17, 15) is 14.3 Å². The van der Waals surface area contributed by atoms with Crippen LogP contribution >= 0.6 is 7.82 Å². The van der Waals surface area contributed by atoms with Crippen molar-refractivity contribution in [3.63, 3.8) is 0 Å². The largest absolute Gasteiger partial charge is 0.756 e. The lowest BCUT2D eigenvalue weighted by atomic mass is 10.1. The smallest absolute Gasteiger partial charge is 0.306 e. The highest BCUT2D eigenvalue weighted by atomic mass is 31.2. The van der Waals surface area contributed by atoms with Gasteiger partial charge in [-0.05, 0) is 89.9 Å². The summed E-state index contributed by atoms with van der Waals surface area (Å²) in [5, 5.41) is 0. The number of nitrogens with zero attached hydrogens (tertiary/aromatic N) is 1. The van der Waals surface area contributed by atoms with Crippen LogP contribution in [0.5, 0.6) is 0 Å². The van der Waals surface area contributed by atoms with E-state index < -0.39 is 13.9 Å². The summed E-state index contributed by atoms with van der Waals surface area (Å²) in [6.07, 6.45) is 65.7. The van der Waals surface area contributed by atoms with Crippen LogP contribution in [0.4, 0.5) is 0 Å². The predicted molar refractivity (Wildman–Crippen MR) is 277 cm³/mol. The molecule has 0 aliphatic rings. The van der Waals surface area contributed by atoms with Crippen molar-refractivity contribution in [3.05, 3.63) is 97.2 Å². The zero-order chi connectivity index (χ0) is 47.6. The number of rotatable bonds is 47. The first-order valence-electron chi connectivity index (χ1n) is 26.0. The van der Waals surface area contributed by atoms with Gasteiger partial charge in [0.25, 0.3) is 7.82 Å². The second kappa shape index (κ2) is 47.9.